The Morgan fingerprint density at radius 2 is 1.36 bits per heavy atom. The highest BCUT2D eigenvalue weighted by atomic mass is 16.7. The molecule has 0 aromatic heterocycles. The monoisotopic (exact) mass is 448 g/mol. The van der Waals surface area contributed by atoms with Gasteiger partial charge < -0.3 is 18.9 Å². The van der Waals surface area contributed by atoms with Crippen molar-refractivity contribution in [1.29, 1.82) is 0 Å². The minimum atomic E-state index is -0.218. The second-order valence-electron chi connectivity index (χ2n) is 8.85. The van der Waals surface area contributed by atoms with E-state index in [1.165, 1.54) is 25.7 Å². The van der Waals surface area contributed by atoms with Crippen LogP contribution in [0.1, 0.15) is 69.4 Å². The van der Waals surface area contributed by atoms with Crippen LogP contribution in [0.3, 0.4) is 0 Å². The molecule has 1 saturated heterocycles. The van der Waals surface area contributed by atoms with Crippen molar-refractivity contribution < 1.29 is 18.9 Å². The summed E-state index contributed by atoms with van der Waals surface area (Å²) >= 11 is 0. The second-order valence-corrected chi connectivity index (χ2v) is 8.85. The Morgan fingerprint density at radius 3 is 1.97 bits per heavy atom. The lowest BCUT2D eigenvalue weighted by Crippen LogP contribution is -2.26. The van der Waals surface area contributed by atoms with Gasteiger partial charge in [-0.3, -0.25) is 0 Å². The molecule has 1 aliphatic carbocycles. The fourth-order valence-electron chi connectivity index (χ4n) is 4.30. The summed E-state index contributed by atoms with van der Waals surface area (Å²) in [6.07, 6.45) is 17.7. The molecule has 4 heteroatoms. The number of hydrogen-bond donors (Lipinski definition) is 0. The summed E-state index contributed by atoms with van der Waals surface area (Å²) in [6.45, 7) is 2.77. The third-order valence-corrected chi connectivity index (χ3v) is 6.09. The molecule has 2 fully saturated rings. The molecule has 176 valence electrons. The quantitative estimate of drug-likeness (QED) is 0.296. The van der Waals surface area contributed by atoms with E-state index in [0.29, 0.717) is 6.10 Å². The van der Waals surface area contributed by atoms with Crippen molar-refractivity contribution in [3.8, 4) is 11.5 Å². The Kier molecular flexibility index (Phi) is 9.02. The van der Waals surface area contributed by atoms with Crippen LogP contribution in [-0.4, -0.2) is 25.3 Å². The van der Waals surface area contributed by atoms with Gasteiger partial charge in [0.25, 0.3) is 0 Å². The Balaban J connectivity index is 1.21. The number of allylic oxidation sites excluding steroid dienone is 2. The second kappa shape index (κ2) is 12.6. The van der Waals surface area contributed by atoms with Gasteiger partial charge in [0, 0.05) is 6.42 Å². The molecule has 4 rings (SSSR count). The summed E-state index contributed by atoms with van der Waals surface area (Å²) < 4.78 is 23.5. The summed E-state index contributed by atoms with van der Waals surface area (Å²) in [6, 6.07) is 16.2. The van der Waals surface area contributed by atoms with Crippen molar-refractivity contribution in [3.05, 3.63) is 71.8 Å². The van der Waals surface area contributed by atoms with E-state index >= 15 is 0 Å². The van der Waals surface area contributed by atoms with Gasteiger partial charge in [-0.2, -0.15) is 0 Å². The maximum absolute atomic E-state index is 6.03. The maximum atomic E-state index is 6.03. The van der Waals surface area contributed by atoms with Crippen LogP contribution in [0.2, 0.25) is 0 Å². The predicted octanol–water partition coefficient (Wildman–Crippen LogP) is 7.39. The fourth-order valence-corrected chi connectivity index (χ4v) is 4.30. The molecule has 2 aliphatic rings. The Bertz CT molecular complexity index is 873. The van der Waals surface area contributed by atoms with Crippen molar-refractivity contribution in [3.63, 3.8) is 0 Å². The Morgan fingerprint density at radius 1 is 0.758 bits per heavy atom. The average molecular weight is 449 g/mol. The first-order valence-corrected chi connectivity index (χ1v) is 12.4. The highest BCUT2D eigenvalue weighted by Gasteiger charge is 2.17. The predicted molar refractivity (Wildman–Crippen MR) is 133 cm³/mol. The largest absolute Gasteiger partial charge is 0.465 e. The van der Waals surface area contributed by atoms with Crippen molar-refractivity contribution in [2.24, 2.45) is 0 Å². The minimum absolute atomic E-state index is 0.104. The van der Waals surface area contributed by atoms with Crippen LogP contribution in [0.25, 0.3) is 12.2 Å². The molecule has 4 nitrogen and oxygen atoms in total. The van der Waals surface area contributed by atoms with Crippen LogP contribution in [0, 0.1) is 0 Å². The highest BCUT2D eigenvalue weighted by molar-refractivity contribution is 5.58. The van der Waals surface area contributed by atoms with Gasteiger partial charge in [0.15, 0.2) is 12.6 Å². The molecule has 2 atom stereocenters. The number of hydrogen-bond acceptors (Lipinski definition) is 4. The first-order chi connectivity index (χ1) is 16.2. The molecule has 1 saturated carbocycles. The molecule has 1 heterocycles. The lowest BCUT2D eigenvalue weighted by molar-refractivity contribution is -0.116. The Labute approximate surface area is 198 Å². The zero-order chi connectivity index (χ0) is 22.7. The van der Waals surface area contributed by atoms with Crippen molar-refractivity contribution >= 4 is 12.2 Å². The van der Waals surface area contributed by atoms with Gasteiger partial charge in [-0.15, -0.1) is 0 Å². The van der Waals surface area contributed by atoms with E-state index in [0.717, 1.165) is 54.9 Å². The fraction of sp³-hybridized carbons (Fsp3) is 0.448. The molecule has 0 bridgehead atoms. The molecular formula is C29H36O4. The highest BCUT2D eigenvalue weighted by Crippen LogP contribution is 2.23. The zero-order valence-electron chi connectivity index (χ0n) is 19.7. The van der Waals surface area contributed by atoms with Gasteiger partial charge in [0.1, 0.15) is 11.5 Å². The van der Waals surface area contributed by atoms with Crippen molar-refractivity contribution in [2.75, 3.05) is 6.61 Å². The van der Waals surface area contributed by atoms with Gasteiger partial charge in [-0.25, -0.2) is 0 Å². The molecule has 2 unspecified atom stereocenters. The van der Waals surface area contributed by atoms with E-state index in [-0.39, 0.29) is 12.6 Å². The standard InChI is InChI=1S/C29H36O4/c1-23(31-26-11-3-2-4-12-26)32-27-18-14-24(15-19-27)9-5-6-10-25-16-20-28(21-17-25)33-29-13-7-8-22-30-29/h5-6,9-10,14-21,23,26,29H,2-4,7-8,11-13,22H2,1H3. The van der Waals surface area contributed by atoms with E-state index in [1.54, 1.807) is 0 Å². The van der Waals surface area contributed by atoms with Crippen molar-refractivity contribution in [2.45, 2.75) is 77.0 Å². The van der Waals surface area contributed by atoms with Crippen LogP contribution in [0.4, 0.5) is 0 Å². The molecule has 0 amide bonds. The summed E-state index contributed by atoms with van der Waals surface area (Å²) in [5, 5.41) is 0. The number of ether oxygens (including phenoxy) is 4. The first kappa shape index (κ1) is 23.6. The van der Waals surface area contributed by atoms with E-state index in [9.17, 15) is 0 Å². The topological polar surface area (TPSA) is 36.9 Å². The molecule has 0 radical (unpaired) electrons. The third kappa shape index (κ3) is 8.06. The molecule has 0 N–H and O–H groups in total. The average Bonchev–Trinajstić information content (AvgIpc) is 2.85. The van der Waals surface area contributed by atoms with E-state index in [1.807, 2.05) is 43.3 Å². The van der Waals surface area contributed by atoms with Gasteiger partial charge >= 0.3 is 0 Å². The van der Waals surface area contributed by atoms with Crippen LogP contribution in [-0.2, 0) is 9.47 Å². The summed E-state index contributed by atoms with van der Waals surface area (Å²) in [5.74, 6) is 1.70. The number of benzene rings is 2. The maximum Gasteiger partial charge on any atom is 0.199 e. The Hall–Kier alpha value is -2.56. The first-order valence-electron chi connectivity index (χ1n) is 12.4. The minimum Gasteiger partial charge on any atom is -0.465 e. The van der Waals surface area contributed by atoms with Crippen LogP contribution < -0.4 is 9.47 Å². The smallest absolute Gasteiger partial charge is 0.199 e. The zero-order valence-corrected chi connectivity index (χ0v) is 19.7. The lowest BCUT2D eigenvalue weighted by atomic mass is 9.98. The molecule has 33 heavy (non-hydrogen) atoms. The molecule has 1 aliphatic heterocycles. The van der Waals surface area contributed by atoms with E-state index in [2.05, 4.69) is 36.4 Å². The number of rotatable bonds is 9. The van der Waals surface area contributed by atoms with Crippen molar-refractivity contribution in [1.82, 2.24) is 0 Å². The van der Waals surface area contributed by atoms with E-state index in [4.69, 9.17) is 18.9 Å². The lowest BCUT2D eigenvalue weighted by Gasteiger charge is -2.26. The van der Waals surface area contributed by atoms with Gasteiger partial charge in [0.2, 0.25) is 0 Å². The van der Waals surface area contributed by atoms with Crippen LogP contribution >= 0.6 is 0 Å². The van der Waals surface area contributed by atoms with Gasteiger partial charge in [-0.05, 0) is 68.0 Å². The molecule has 0 spiro atoms. The third-order valence-electron chi connectivity index (χ3n) is 6.09. The molecular weight excluding hydrogens is 412 g/mol. The normalized spacial score (nSPS) is 20.8. The van der Waals surface area contributed by atoms with Gasteiger partial charge in [0.05, 0.1) is 12.7 Å². The van der Waals surface area contributed by atoms with Crippen LogP contribution in [0.15, 0.2) is 60.7 Å². The van der Waals surface area contributed by atoms with Gasteiger partial charge in [-0.1, -0.05) is 67.8 Å². The van der Waals surface area contributed by atoms with E-state index < -0.39 is 0 Å². The summed E-state index contributed by atoms with van der Waals surface area (Å²) in [4.78, 5) is 0. The molecule has 2 aromatic carbocycles. The summed E-state index contributed by atoms with van der Waals surface area (Å²) in [5.41, 5.74) is 2.26. The molecule has 2 aromatic rings. The summed E-state index contributed by atoms with van der Waals surface area (Å²) in [7, 11) is 0. The SMILES string of the molecule is CC(Oc1ccc(C=CC=Cc2ccc(OC3CCCCO3)cc2)cc1)OC1CCCCC1. The van der Waals surface area contributed by atoms with Crippen LogP contribution in [0.5, 0.6) is 11.5 Å².